The van der Waals surface area contributed by atoms with E-state index in [1.807, 2.05) is 11.9 Å². The number of rotatable bonds is 4. The van der Waals surface area contributed by atoms with E-state index in [0.717, 1.165) is 25.2 Å². The first-order valence-electron chi connectivity index (χ1n) is 13.5. The van der Waals surface area contributed by atoms with Crippen LogP contribution in [0.1, 0.15) is 43.9 Å². The molecule has 1 amide bonds. The summed E-state index contributed by atoms with van der Waals surface area (Å²) in [6, 6.07) is 10.5. The molecule has 0 bridgehead atoms. The van der Waals surface area contributed by atoms with Gasteiger partial charge in [0.05, 0.1) is 11.1 Å². The van der Waals surface area contributed by atoms with Gasteiger partial charge >= 0.3 is 12.4 Å². The molecule has 0 atom stereocenters. The SMILES string of the molecule is Cc1ccc(C(=O)Nc2ccc(CN3CCN(C)CC3)c(C(F)(F)F)c2)cc1C#Cc1ccc2nc(N)nn2c1C(F)(F)F. The van der Waals surface area contributed by atoms with Gasteiger partial charge in [-0.2, -0.15) is 31.3 Å². The summed E-state index contributed by atoms with van der Waals surface area (Å²) in [7, 11) is 1.96. The van der Waals surface area contributed by atoms with Crippen molar-refractivity contribution in [3.63, 3.8) is 0 Å². The summed E-state index contributed by atoms with van der Waals surface area (Å²) in [6.07, 6.45) is -9.46. The Labute approximate surface area is 248 Å². The van der Waals surface area contributed by atoms with Crippen LogP contribution in [0.5, 0.6) is 0 Å². The number of nitrogens with zero attached hydrogens (tertiary/aromatic N) is 5. The Morgan fingerprint density at radius 2 is 1.64 bits per heavy atom. The van der Waals surface area contributed by atoms with Crippen molar-refractivity contribution in [1.29, 1.82) is 0 Å². The van der Waals surface area contributed by atoms with Crippen LogP contribution in [-0.2, 0) is 18.9 Å². The number of amides is 1. The van der Waals surface area contributed by atoms with Crippen LogP contribution in [0.25, 0.3) is 5.65 Å². The van der Waals surface area contributed by atoms with Crippen molar-refractivity contribution in [3.05, 3.63) is 87.6 Å². The molecule has 1 aliphatic rings. The smallest absolute Gasteiger partial charge is 0.366 e. The molecule has 2 aromatic heterocycles. The number of carbonyl (C=O) groups is 1. The molecule has 0 spiro atoms. The number of aryl methyl sites for hydroxylation is 1. The fraction of sp³-hybridized carbons (Fsp3) is 0.300. The standard InChI is InChI=1S/C30H27F6N7O/c1-18-3-4-21(15-20(18)6-5-19-8-10-25-39-28(37)40-43(25)26(19)30(34,35)36)27(44)38-23-9-7-22(24(16-23)29(31,32)33)17-42-13-11-41(2)12-14-42/h3-4,7-10,15-16H,11-14,17H2,1-2H3,(H2,37,40)(H,38,44). The molecule has 0 unspecified atom stereocenters. The largest absolute Gasteiger partial charge is 0.434 e. The summed E-state index contributed by atoms with van der Waals surface area (Å²) in [6.45, 7) is 4.59. The van der Waals surface area contributed by atoms with Gasteiger partial charge in [-0.05, 0) is 61.5 Å². The minimum Gasteiger partial charge on any atom is -0.366 e. The number of alkyl halides is 6. The molecule has 3 heterocycles. The summed E-state index contributed by atoms with van der Waals surface area (Å²) in [5.41, 5.74) is 3.93. The predicted molar refractivity (Wildman–Crippen MR) is 152 cm³/mol. The van der Waals surface area contributed by atoms with Crippen LogP contribution >= 0.6 is 0 Å². The summed E-state index contributed by atoms with van der Waals surface area (Å²) in [5, 5.41) is 6.11. The molecule has 0 saturated carbocycles. The molecule has 230 valence electrons. The molecule has 2 aromatic carbocycles. The number of aromatic nitrogens is 3. The van der Waals surface area contributed by atoms with E-state index in [2.05, 4.69) is 32.1 Å². The first-order valence-corrected chi connectivity index (χ1v) is 13.5. The topological polar surface area (TPSA) is 91.8 Å². The fourth-order valence-electron chi connectivity index (χ4n) is 4.88. The van der Waals surface area contributed by atoms with Gasteiger partial charge in [0.25, 0.3) is 5.91 Å². The van der Waals surface area contributed by atoms with Gasteiger partial charge in [-0.15, -0.1) is 5.10 Å². The van der Waals surface area contributed by atoms with Crippen LogP contribution in [0.3, 0.4) is 0 Å². The van der Waals surface area contributed by atoms with Crippen molar-refractivity contribution in [2.75, 3.05) is 44.3 Å². The van der Waals surface area contributed by atoms with Gasteiger partial charge in [-0.3, -0.25) is 9.69 Å². The Morgan fingerprint density at radius 3 is 2.32 bits per heavy atom. The van der Waals surface area contributed by atoms with Crippen molar-refractivity contribution in [2.24, 2.45) is 0 Å². The van der Waals surface area contributed by atoms with E-state index >= 15 is 0 Å². The molecule has 1 fully saturated rings. The Morgan fingerprint density at radius 1 is 0.932 bits per heavy atom. The highest BCUT2D eigenvalue weighted by molar-refractivity contribution is 6.04. The molecule has 4 aromatic rings. The first-order chi connectivity index (χ1) is 20.7. The van der Waals surface area contributed by atoms with Gasteiger partial charge < -0.3 is 16.0 Å². The lowest BCUT2D eigenvalue weighted by Gasteiger charge is -2.33. The first kappa shape index (κ1) is 30.8. The van der Waals surface area contributed by atoms with E-state index in [1.165, 1.54) is 30.3 Å². The zero-order valence-corrected chi connectivity index (χ0v) is 23.6. The number of nitrogens with one attached hydrogen (secondary N) is 1. The second-order valence-corrected chi connectivity index (χ2v) is 10.5. The highest BCUT2D eigenvalue weighted by atomic mass is 19.4. The van der Waals surface area contributed by atoms with Gasteiger partial charge in [0.1, 0.15) is 0 Å². The Hall–Kier alpha value is -4.61. The van der Waals surface area contributed by atoms with Crippen molar-refractivity contribution in [2.45, 2.75) is 25.8 Å². The number of piperazine rings is 1. The number of benzene rings is 2. The minimum absolute atomic E-state index is 0.0483. The number of hydrogen-bond acceptors (Lipinski definition) is 6. The summed E-state index contributed by atoms with van der Waals surface area (Å²) >= 11 is 0. The second kappa shape index (κ2) is 11.8. The number of likely N-dealkylation sites (N-methyl/N-ethyl adjacent to an activating group) is 1. The quantitative estimate of drug-likeness (QED) is 0.247. The number of nitrogen functional groups attached to an aromatic ring is 1. The number of pyridine rings is 1. The van der Waals surface area contributed by atoms with Gasteiger partial charge in [0, 0.05) is 49.5 Å². The van der Waals surface area contributed by atoms with Gasteiger partial charge in [-0.25, -0.2) is 4.52 Å². The Balaban J connectivity index is 1.40. The minimum atomic E-state index is -4.82. The maximum atomic E-state index is 14.0. The van der Waals surface area contributed by atoms with E-state index < -0.39 is 29.5 Å². The molecule has 1 aliphatic heterocycles. The maximum Gasteiger partial charge on any atom is 0.434 e. The van der Waals surface area contributed by atoms with E-state index in [9.17, 15) is 31.1 Å². The Bertz CT molecular complexity index is 1780. The molecule has 5 rings (SSSR count). The number of hydrogen-bond donors (Lipinski definition) is 2. The second-order valence-electron chi connectivity index (χ2n) is 10.5. The predicted octanol–water partition coefficient (Wildman–Crippen LogP) is 5.06. The van der Waals surface area contributed by atoms with Crippen molar-refractivity contribution < 1.29 is 31.1 Å². The van der Waals surface area contributed by atoms with Gasteiger partial charge in [0.2, 0.25) is 5.95 Å². The van der Waals surface area contributed by atoms with Crippen molar-refractivity contribution in [1.82, 2.24) is 24.4 Å². The normalized spacial score (nSPS) is 14.8. The molecular formula is C30H27F6N7O. The summed E-state index contributed by atoms with van der Waals surface area (Å²) in [4.78, 5) is 20.9. The lowest BCUT2D eigenvalue weighted by molar-refractivity contribution is -0.142. The summed E-state index contributed by atoms with van der Waals surface area (Å²) < 4.78 is 84.2. The van der Waals surface area contributed by atoms with Crippen LogP contribution < -0.4 is 11.1 Å². The molecule has 44 heavy (non-hydrogen) atoms. The van der Waals surface area contributed by atoms with E-state index in [1.54, 1.807) is 13.0 Å². The molecule has 0 aliphatic carbocycles. The van der Waals surface area contributed by atoms with E-state index in [0.29, 0.717) is 23.2 Å². The van der Waals surface area contributed by atoms with Crippen molar-refractivity contribution in [3.8, 4) is 11.8 Å². The highest BCUT2D eigenvalue weighted by Gasteiger charge is 2.37. The number of nitrogens with two attached hydrogens (primary N) is 1. The average molecular weight is 616 g/mol. The van der Waals surface area contributed by atoms with Crippen molar-refractivity contribution >= 4 is 23.2 Å². The lowest BCUT2D eigenvalue weighted by Crippen LogP contribution is -2.44. The highest BCUT2D eigenvalue weighted by Crippen LogP contribution is 2.35. The maximum absolute atomic E-state index is 14.0. The Kier molecular flexibility index (Phi) is 8.28. The van der Waals surface area contributed by atoms with Crippen LogP contribution in [-0.4, -0.2) is 63.5 Å². The molecule has 0 radical (unpaired) electrons. The van der Waals surface area contributed by atoms with Gasteiger partial charge in [0.15, 0.2) is 11.3 Å². The van der Waals surface area contributed by atoms with E-state index in [-0.39, 0.29) is 46.1 Å². The van der Waals surface area contributed by atoms with Gasteiger partial charge in [-0.1, -0.05) is 24.0 Å². The number of carbonyl (C=O) groups excluding carboxylic acids is 1. The number of halogens is 6. The van der Waals surface area contributed by atoms with Crippen LogP contribution in [0.15, 0.2) is 48.5 Å². The molecule has 3 N–H and O–H groups in total. The zero-order chi connectivity index (χ0) is 31.8. The van der Waals surface area contributed by atoms with Crippen LogP contribution in [0.4, 0.5) is 38.0 Å². The third kappa shape index (κ3) is 6.79. The average Bonchev–Trinajstić information content (AvgIpc) is 3.33. The lowest BCUT2D eigenvalue weighted by atomic mass is 10.0. The monoisotopic (exact) mass is 615 g/mol. The van der Waals surface area contributed by atoms with Crippen LogP contribution in [0, 0.1) is 18.8 Å². The van der Waals surface area contributed by atoms with E-state index in [4.69, 9.17) is 5.73 Å². The molecular weight excluding hydrogens is 588 g/mol. The fourth-order valence-corrected chi connectivity index (χ4v) is 4.88. The number of fused-ring (bicyclic) bond motifs is 1. The summed E-state index contributed by atoms with van der Waals surface area (Å²) in [5.74, 6) is 4.13. The molecule has 14 heteroatoms. The zero-order valence-electron chi connectivity index (χ0n) is 23.6. The molecule has 1 saturated heterocycles. The number of anilines is 2. The van der Waals surface area contributed by atoms with Crippen LogP contribution in [0.2, 0.25) is 0 Å². The third-order valence-electron chi connectivity index (χ3n) is 7.28. The molecule has 8 nitrogen and oxygen atoms in total. The third-order valence-corrected chi connectivity index (χ3v) is 7.28.